The van der Waals surface area contributed by atoms with Crippen molar-refractivity contribution in [3.63, 3.8) is 0 Å². The van der Waals surface area contributed by atoms with Crippen molar-refractivity contribution in [1.82, 2.24) is 9.47 Å². The molecule has 10 nitrogen and oxygen atoms in total. The van der Waals surface area contributed by atoms with Crippen LogP contribution >= 0.6 is 0 Å². The standard InChI is InChI=1S/C21H28N2.C20H18O8/c1-4-5-6-10-23-14-16-12-20-18(11-15(2)13-22(20)3)17-8-7-9-19(23)21(16)17;1-11-3-7-13(8-4-11)19(25)27-15(17(21)22)16(18(23)24)28-20(26)14-9-5-12(2)6-10-14/h7-9,11,14,18,20H,4-6,10,12-13H2,1-3H3;3-10,15-16H,1-2H3,(H,21,22)(H,23,24)/t18-,20-;15-,16+/m1./s1. The molecule has 0 fully saturated rings. The number of carbonyl (C=O) groups excluding carboxylic acids is 2. The average molecular weight is 695 g/mol. The minimum Gasteiger partial charge on any atom is -0.478 e. The number of aromatic nitrogens is 1. The number of benzene rings is 3. The molecule has 1 aliphatic carbocycles. The van der Waals surface area contributed by atoms with Gasteiger partial charge in [0.25, 0.3) is 0 Å². The van der Waals surface area contributed by atoms with Gasteiger partial charge >= 0.3 is 23.9 Å². The fraction of sp³-hybridized carbons (Fsp3) is 0.366. The number of nitrogens with zero attached hydrogens (tertiary/aromatic N) is 2. The quantitative estimate of drug-likeness (QED) is 0.0971. The van der Waals surface area contributed by atoms with Gasteiger partial charge in [-0.1, -0.05) is 78.9 Å². The van der Waals surface area contributed by atoms with Gasteiger partial charge in [-0.3, -0.25) is 4.90 Å². The Morgan fingerprint density at radius 3 is 1.86 bits per heavy atom. The number of carboxylic acid groups (broad SMARTS) is 2. The number of esters is 2. The van der Waals surface area contributed by atoms with Gasteiger partial charge in [0.1, 0.15) is 0 Å². The summed E-state index contributed by atoms with van der Waals surface area (Å²) in [4.78, 5) is 49.9. The number of aliphatic carboxylic acids is 2. The summed E-state index contributed by atoms with van der Waals surface area (Å²) in [5.41, 5.74) is 7.87. The highest BCUT2D eigenvalue weighted by Crippen LogP contribution is 2.42. The minimum atomic E-state index is -2.22. The maximum atomic E-state index is 12.2. The Morgan fingerprint density at radius 2 is 1.35 bits per heavy atom. The lowest BCUT2D eigenvalue weighted by molar-refractivity contribution is -0.166. The number of carbonyl (C=O) groups is 4. The van der Waals surface area contributed by atoms with Crippen LogP contribution in [0.5, 0.6) is 0 Å². The van der Waals surface area contributed by atoms with Gasteiger partial charge in [0.2, 0.25) is 12.2 Å². The van der Waals surface area contributed by atoms with Gasteiger partial charge in [0.15, 0.2) is 0 Å². The maximum Gasteiger partial charge on any atom is 0.349 e. The highest BCUT2D eigenvalue weighted by molar-refractivity contribution is 5.95. The Kier molecular flexibility index (Phi) is 11.8. The van der Waals surface area contributed by atoms with Gasteiger partial charge in [0, 0.05) is 42.1 Å². The molecule has 0 saturated heterocycles. The number of ether oxygens (including phenoxy) is 2. The molecule has 0 unspecified atom stereocenters. The molecule has 2 aliphatic rings. The van der Waals surface area contributed by atoms with Crippen LogP contribution in [0.2, 0.25) is 0 Å². The fourth-order valence-electron chi connectivity index (χ4n) is 6.91. The van der Waals surface area contributed by atoms with Gasteiger partial charge in [0.05, 0.1) is 11.1 Å². The lowest BCUT2D eigenvalue weighted by Gasteiger charge is -2.40. The predicted molar refractivity (Wildman–Crippen MR) is 194 cm³/mol. The number of likely N-dealkylation sites (N-methyl/N-ethyl adjacent to an activating group) is 1. The van der Waals surface area contributed by atoms with Crippen molar-refractivity contribution in [1.29, 1.82) is 0 Å². The Balaban J connectivity index is 0.000000201. The van der Waals surface area contributed by atoms with Gasteiger partial charge in [-0.25, -0.2) is 19.2 Å². The summed E-state index contributed by atoms with van der Waals surface area (Å²) >= 11 is 0. The smallest absolute Gasteiger partial charge is 0.349 e. The van der Waals surface area contributed by atoms with E-state index in [2.05, 4.69) is 60.8 Å². The first-order chi connectivity index (χ1) is 24.4. The second-order valence-corrected chi connectivity index (χ2v) is 13.6. The van der Waals surface area contributed by atoms with Crippen molar-refractivity contribution in [2.75, 3.05) is 13.6 Å². The summed E-state index contributed by atoms with van der Waals surface area (Å²) in [5, 5.41) is 20.2. The first kappa shape index (κ1) is 37.0. The first-order valence-electron chi connectivity index (χ1n) is 17.4. The van der Waals surface area contributed by atoms with Crippen molar-refractivity contribution < 1.29 is 38.9 Å². The van der Waals surface area contributed by atoms with Crippen LogP contribution in [0, 0.1) is 13.8 Å². The molecule has 1 aliphatic heterocycles. The van der Waals surface area contributed by atoms with E-state index < -0.39 is 36.1 Å². The molecule has 0 amide bonds. The third-order valence-electron chi connectivity index (χ3n) is 9.56. The second kappa shape index (κ2) is 16.2. The molecule has 3 aromatic carbocycles. The molecule has 4 atom stereocenters. The number of hydrogen-bond acceptors (Lipinski definition) is 7. The van der Waals surface area contributed by atoms with Crippen LogP contribution in [0.25, 0.3) is 10.9 Å². The summed E-state index contributed by atoms with van der Waals surface area (Å²) in [6.07, 6.45) is 5.62. The third kappa shape index (κ3) is 8.57. The molecule has 10 heteroatoms. The summed E-state index contributed by atoms with van der Waals surface area (Å²) in [6.45, 7) is 10.4. The molecule has 2 heterocycles. The number of unbranched alkanes of at least 4 members (excludes halogenated alkanes) is 2. The molecular formula is C41H46N2O8. The molecule has 0 spiro atoms. The van der Waals surface area contributed by atoms with E-state index >= 15 is 0 Å². The molecule has 1 aromatic heterocycles. The Morgan fingerprint density at radius 1 is 0.804 bits per heavy atom. The summed E-state index contributed by atoms with van der Waals surface area (Å²) in [5.74, 6) is -5.05. The number of rotatable bonds is 11. The van der Waals surface area contributed by atoms with E-state index in [1.807, 2.05) is 0 Å². The zero-order chi connectivity index (χ0) is 36.8. The monoisotopic (exact) mass is 694 g/mol. The van der Waals surface area contributed by atoms with E-state index in [-0.39, 0.29) is 11.1 Å². The largest absolute Gasteiger partial charge is 0.478 e. The fourth-order valence-corrected chi connectivity index (χ4v) is 6.91. The van der Waals surface area contributed by atoms with Crippen LogP contribution in [0.1, 0.15) is 82.0 Å². The molecule has 2 N–H and O–H groups in total. The van der Waals surface area contributed by atoms with E-state index in [4.69, 9.17) is 9.47 Å². The SMILES string of the molecule is CCCCCn1cc2c3c(cccc31)[C@H]1C=C(C)CN(C)[C@@H]1C2.Cc1ccc(C(=O)O[C@H](C(=O)O)[C@@H](OC(=O)c2ccc(C)cc2)C(=O)O)cc1. The van der Waals surface area contributed by atoms with E-state index in [1.165, 1.54) is 61.0 Å². The van der Waals surface area contributed by atoms with Crippen LogP contribution < -0.4 is 0 Å². The minimum absolute atomic E-state index is 0.0332. The normalized spacial score (nSPS) is 17.6. The van der Waals surface area contributed by atoms with E-state index in [0.717, 1.165) is 24.2 Å². The van der Waals surface area contributed by atoms with Gasteiger partial charge in [-0.15, -0.1) is 0 Å². The van der Waals surface area contributed by atoms with Gasteiger partial charge in [-0.2, -0.15) is 0 Å². The first-order valence-corrected chi connectivity index (χ1v) is 17.4. The Labute approximate surface area is 298 Å². The number of hydrogen-bond donors (Lipinski definition) is 2. The van der Waals surface area contributed by atoms with Gasteiger partial charge < -0.3 is 24.3 Å². The number of fused-ring (bicyclic) bond motifs is 2. The Hall–Kier alpha value is -5.22. The van der Waals surface area contributed by atoms with Crippen LogP contribution in [-0.4, -0.2) is 75.4 Å². The second-order valence-electron chi connectivity index (χ2n) is 13.6. The highest BCUT2D eigenvalue weighted by Gasteiger charge is 2.41. The zero-order valence-electron chi connectivity index (χ0n) is 29.8. The molecule has 268 valence electrons. The van der Waals surface area contributed by atoms with Crippen LogP contribution in [0.3, 0.4) is 0 Å². The Bertz CT molecular complexity index is 1850. The van der Waals surface area contributed by atoms with E-state index in [9.17, 15) is 29.4 Å². The van der Waals surface area contributed by atoms with Crippen LogP contribution in [0.15, 0.2) is 84.6 Å². The summed E-state index contributed by atoms with van der Waals surface area (Å²) in [7, 11) is 2.29. The highest BCUT2D eigenvalue weighted by atomic mass is 16.6. The predicted octanol–water partition coefficient (Wildman–Crippen LogP) is 6.96. The number of carboxylic acids is 2. The molecule has 0 bridgehead atoms. The molecule has 4 aromatic rings. The molecule has 0 radical (unpaired) electrons. The number of aryl methyl sites for hydroxylation is 3. The summed E-state index contributed by atoms with van der Waals surface area (Å²) in [6, 6.07) is 19.6. The molecule has 0 saturated carbocycles. The topological polar surface area (TPSA) is 135 Å². The molecule has 6 rings (SSSR count). The lowest BCUT2D eigenvalue weighted by Crippen LogP contribution is -2.45. The lowest BCUT2D eigenvalue weighted by atomic mass is 9.77. The van der Waals surface area contributed by atoms with E-state index in [1.54, 1.807) is 54.6 Å². The van der Waals surface area contributed by atoms with E-state index in [0.29, 0.717) is 12.0 Å². The zero-order valence-corrected chi connectivity index (χ0v) is 29.8. The van der Waals surface area contributed by atoms with Gasteiger partial charge in [-0.05, 0) is 82.1 Å². The summed E-state index contributed by atoms with van der Waals surface area (Å²) < 4.78 is 12.2. The van der Waals surface area contributed by atoms with Crippen LogP contribution in [-0.2, 0) is 32.0 Å². The maximum absolute atomic E-state index is 12.2. The third-order valence-corrected chi connectivity index (χ3v) is 9.56. The average Bonchev–Trinajstić information content (AvgIpc) is 3.45. The van der Waals surface area contributed by atoms with Crippen molar-refractivity contribution in [2.24, 2.45) is 0 Å². The molecular weight excluding hydrogens is 648 g/mol. The van der Waals surface area contributed by atoms with Crippen molar-refractivity contribution in [3.8, 4) is 0 Å². The van der Waals surface area contributed by atoms with Crippen molar-refractivity contribution in [3.05, 3.63) is 118 Å². The van der Waals surface area contributed by atoms with Crippen LogP contribution in [0.4, 0.5) is 0 Å². The molecule has 51 heavy (non-hydrogen) atoms. The van der Waals surface area contributed by atoms with Crippen molar-refractivity contribution in [2.45, 2.75) is 84.1 Å². The van der Waals surface area contributed by atoms with Crippen molar-refractivity contribution >= 4 is 34.8 Å².